The molecule has 0 bridgehead atoms. The molecule has 1 aromatic carbocycles. The number of para-hydroxylation sites is 1. The number of carbonyl (C=O) groups is 1. The van der Waals surface area contributed by atoms with Crippen LogP contribution in [0.5, 0.6) is 0 Å². The number of hydrogen-bond acceptors (Lipinski definition) is 2. The van der Waals surface area contributed by atoms with Crippen LogP contribution in [0.1, 0.15) is 28.7 Å². The van der Waals surface area contributed by atoms with E-state index in [-0.39, 0.29) is 11.9 Å². The average Bonchev–Trinajstić information content (AvgIpc) is 2.85. The van der Waals surface area contributed by atoms with E-state index < -0.39 is 0 Å². The molecule has 1 aromatic heterocycles. The summed E-state index contributed by atoms with van der Waals surface area (Å²) in [6, 6.07) is 8.25. The molecule has 20 heavy (non-hydrogen) atoms. The molecule has 0 saturated carbocycles. The van der Waals surface area contributed by atoms with E-state index in [0.717, 1.165) is 22.3 Å². The second-order valence-electron chi connectivity index (χ2n) is 5.23. The SMILES string of the molecule is Cc1nn(C)c(C(=O)N2c3ccccc3CC2C)c1Br. The van der Waals surface area contributed by atoms with Crippen LogP contribution in [0, 0.1) is 6.92 Å². The zero-order valence-electron chi connectivity index (χ0n) is 11.7. The quantitative estimate of drug-likeness (QED) is 0.804. The molecular weight excluding hydrogens is 318 g/mol. The van der Waals surface area contributed by atoms with Gasteiger partial charge in [-0.1, -0.05) is 18.2 Å². The van der Waals surface area contributed by atoms with Gasteiger partial charge in [-0.3, -0.25) is 9.48 Å². The Morgan fingerprint density at radius 3 is 2.75 bits per heavy atom. The summed E-state index contributed by atoms with van der Waals surface area (Å²) < 4.78 is 2.43. The van der Waals surface area contributed by atoms with Crippen molar-refractivity contribution in [3.8, 4) is 0 Å². The standard InChI is InChI=1S/C15H16BrN3O/c1-9-8-11-6-4-5-7-12(11)19(9)15(20)14-13(16)10(2)17-18(14)3/h4-7,9H,8H2,1-3H3. The number of fused-ring (bicyclic) bond motifs is 1. The second-order valence-corrected chi connectivity index (χ2v) is 6.02. The van der Waals surface area contributed by atoms with Gasteiger partial charge >= 0.3 is 0 Å². The van der Waals surface area contributed by atoms with E-state index in [0.29, 0.717) is 5.69 Å². The topological polar surface area (TPSA) is 38.1 Å². The van der Waals surface area contributed by atoms with Crippen molar-refractivity contribution >= 4 is 27.5 Å². The van der Waals surface area contributed by atoms with E-state index in [1.165, 1.54) is 5.56 Å². The van der Waals surface area contributed by atoms with Crippen LogP contribution < -0.4 is 4.90 Å². The first-order valence-electron chi connectivity index (χ1n) is 6.61. The summed E-state index contributed by atoms with van der Waals surface area (Å²) in [5.74, 6) is -0.00238. The Morgan fingerprint density at radius 2 is 2.10 bits per heavy atom. The monoisotopic (exact) mass is 333 g/mol. The van der Waals surface area contributed by atoms with Crippen LogP contribution in [0.4, 0.5) is 5.69 Å². The van der Waals surface area contributed by atoms with Crippen molar-refractivity contribution in [3.63, 3.8) is 0 Å². The maximum absolute atomic E-state index is 12.9. The van der Waals surface area contributed by atoms with E-state index in [1.807, 2.05) is 30.0 Å². The second kappa shape index (κ2) is 4.74. The number of hydrogen-bond donors (Lipinski definition) is 0. The lowest BCUT2D eigenvalue weighted by Gasteiger charge is -2.22. The maximum atomic E-state index is 12.9. The molecule has 1 aliphatic rings. The van der Waals surface area contributed by atoms with E-state index in [9.17, 15) is 4.79 Å². The van der Waals surface area contributed by atoms with Crippen LogP contribution in [0.25, 0.3) is 0 Å². The Kier molecular flexibility index (Phi) is 3.17. The largest absolute Gasteiger partial charge is 0.304 e. The van der Waals surface area contributed by atoms with Crippen LogP contribution in [-0.2, 0) is 13.5 Å². The number of aromatic nitrogens is 2. The molecular formula is C15H16BrN3O. The van der Waals surface area contributed by atoms with Crippen LogP contribution >= 0.6 is 15.9 Å². The summed E-state index contributed by atoms with van der Waals surface area (Å²) in [7, 11) is 1.80. The Balaban J connectivity index is 2.07. The van der Waals surface area contributed by atoms with Crippen molar-refractivity contribution < 1.29 is 4.79 Å². The van der Waals surface area contributed by atoms with Gasteiger partial charge < -0.3 is 4.90 Å². The van der Waals surface area contributed by atoms with Gasteiger partial charge in [-0.2, -0.15) is 5.10 Å². The van der Waals surface area contributed by atoms with Gasteiger partial charge in [-0.25, -0.2) is 0 Å². The number of benzene rings is 1. The number of aryl methyl sites for hydroxylation is 2. The molecule has 0 radical (unpaired) electrons. The maximum Gasteiger partial charge on any atom is 0.277 e. The van der Waals surface area contributed by atoms with Gasteiger partial charge in [0.25, 0.3) is 5.91 Å². The van der Waals surface area contributed by atoms with E-state index >= 15 is 0 Å². The normalized spacial score (nSPS) is 17.4. The predicted molar refractivity (Wildman–Crippen MR) is 82.1 cm³/mol. The average molecular weight is 334 g/mol. The highest BCUT2D eigenvalue weighted by atomic mass is 79.9. The van der Waals surface area contributed by atoms with Crippen LogP contribution in [-0.4, -0.2) is 21.7 Å². The zero-order chi connectivity index (χ0) is 14.4. The summed E-state index contributed by atoms with van der Waals surface area (Å²) in [4.78, 5) is 14.8. The highest BCUT2D eigenvalue weighted by Gasteiger charge is 2.34. The van der Waals surface area contributed by atoms with Crippen molar-refractivity contribution in [2.75, 3.05) is 4.90 Å². The van der Waals surface area contributed by atoms with Gasteiger partial charge in [-0.15, -0.1) is 0 Å². The van der Waals surface area contributed by atoms with Gasteiger partial charge in [0.2, 0.25) is 0 Å². The van der Waals surface area contributed by atoms with Crippen molar-refractivity contribution in [1.29, 1.82) is 0 Å². The van der Waals surface area contributed by atoms with Crippen molar-refractivity contribution in [2.45, 2.75) is 26.3 Å². The number of nitrogens with zero attached hydrogens (tertiary/aromatic N) is 3. The molecule has 5 heteroatoms. The minimum Gasteiger partial charge on any atom is -0.304 e. The summed E-state index contributed by atoms with van der Waals surface area (Å²) in [5, 5.41) is 4.31. The lowest BCUT2D eigenvalue weighted by Crippen LogP contribution is -2.37. The van der Waals surface area contributed by atoms with Crippen molar-refractivity contribution in [3.05, 3.63) is 45.7 Å². The summed E-state index contributed by atoms with van der Waals surface area (Å²) in [6.07, 6.45) is 0.899. The number of carbonyl (C=O) groups excluding carboxylic acids is 1. The smallest absolute Gasteiger partial charge is 0.277 e. The summed E-state index contributed by atoms with van der Waals surface area (Å²) in [6.45, 7) is 3.97. The van der Waals surface area contributed by atoms with Crippen molar-refractivity contribution in [2.24, 2.45) is 7.05 Å². The first-order chi connectivity index (χ1) is 9.50. The number of rotatable bonds is 1. The molecule has 1 unspecified atom stereocenters. The van der Waals surface area contributed by atoms with Gasteiger partial charge in [0.1, 0.15) is 5.69 Å². The Bertz CT molecular complexity index is 692. The Hall–Kier alpha value is -1.62. The van der Waals surface area contributed by atoms with E-state index in [2.05, 4.69) is 34.0 Å². The minimum absolute atomic E-state index is 0.00238. The molecule has 0 aliphatic carbocycles. The molecule has 3 rings (SSSR count). The number of amides is 1. The molecule has 2 heterocycles. The molecule has 1 atom stereocenters. The Labute approximate surface area is 126 Å². The fourth-order valence-electron chi connectivity index (χ4n) is 2.85. The molecule has 0 saturated heterocycles. The highest BCUT2D eigenvalue weighted by molar-refractivity contribution is 9.10. The van der Waals surface area contributed by atoms with Crippen LogP contribution in [0.2, 0.25) is 0 Å². The third kappa shape index (κ3) is 1.88. The lowest BCUT2D eigenvalue weighted by atomic mass is 10.1. The lowest BCUT2D eigenvalue weighted by molar-refractivity contribution is 0.0971. The minimum atomic E-state index is -0.00238. The summed E-state index contributed by atoms with van der Waals surface area (Å²) in [5.41, 5.74) is 3.67. The molecule has 2 aromatic rings. The third-order valence-electron chi connectivity index (χ3n) is 3.78. The molecule has 104 valence electrons. The number of anilines is 1. The van der Waals surface area contributed by atoms with Gasteiger partial charge in [-0.05, 0) is 47.8 Å². The molecule has 1 amide bonds. The van der Waals surface area contributed by atoms with Gasteiger partial charge in [0, 0.05) is 18.8 Å². The third-order valence-corrected chi connectivity index (χ3v) is 4.73. The molecule has 0 fully saturated rings. The van der Waals surface area contributed by atoms with Crippen LogP contribution in [0.3, 0.4) is 0 Å². The van der Waals surface area contributed by atoms with E-state index in [1.54, 1.807) is 11.7 Å². The van der Waals surface area contributed by atoms with E-state index in [4.69, 9.17) is 0 Å². The number of halogens is 1. The first-order valence-corrected chi connectivity index (χ1v) is 7.40. The van der Waals surface area contributed by atoms with Crippen LogP contribution in [0.15, 0.2) is 28.7 Å². The zero-order valence-corrected chi connectivity index (χ0v) is 13.3. The molecule has 4 nitrogen and oxygen atoms in total. The first kappa shape index (κ1) is 13.4. The molecule has 0 spiro atoms. The molecule has 1 aliphatic heterocycles. The molecule has 0 N–H and O–H groups in total. The summed E-state index contributed by atoms with van der Waals surface area (Å²) >= 11 is 3.48. The predicted octanol–water partition coefficient (Wildman–Crippen LogP) is 3.08. The van der Waals surface area contributed by atoms with Crippen molar-refractivity contribution in [1.82, 2.24) is 9.78 Å². The van der Waals surface area contributed by atoms with Gasteiger partial charge in [0.15, 0.2) is 0 Å². The van der Waals surface area contributed by atoms with Gasteiger partial charge in [0.05, 0.1) is 10.2 Å². The highest BCUT2D eigenvalue weighted by Crippen LogP contribution is 2.34. The Morgan fingerprint density at radius 1 is 1.40 bits per heavy atom. The fourth-order valence-corrected chi connectivity index (χ4v) is 3.36. The fraction of sp³-hybridized carbons (Fsp3) is 0.333.